The molecule has 3 rings (SSSR count). The molecule has 2 heterocycles. The Morgan fingerprint density at radius 1 is 1.21 bits per heavy atom. The van der Waals surface area contributed by atoms with Crippen LogP contribution in [0.3, 0.4) is 0 Å². The highest BCUT2D eigenvalue weighted by atomic mass is 79.9. The fourth-order valence-corrected chi connectivity index (χ4v) is 4.29. The van der Waals surface area contributed by atoms with E-state index in [9.17, 15) is 9.59 Å². The molecule has 5 nitrogen and oxygen atoms in total. The van der Waals surface area contributed by atoms with Crippen LogP contribution in [0.1, 0.15) is 46.0 Å². The molecule has 1 aromatic rings. The van der Waals surface area contributed by atoms with E-state index in [0.717, 1.165) is 36.7 Å². The number of hydrogen-bond donors (Lipinski definition) is 0. The summed E-state index contributed by atoms with van der Waals surface area (Å²) in [5.74, 6) is 0.901. The normalized spacial score (nSPS) is 26.7. The molecule has 2 aliphatic rings. The first-order valence-electron chi connectivity index (χ1n) is 8.57. The monoisotopic (exact) mass is 396 g/mol. The van der Waals surface area contributed by atoms with Crippen LogP contribution in [0, 0.1) is 5.41 Å². The van der Waals surface area contributed by atoms with E-state index in [0.29, 0.717) is 24.1 Å². The van der Waals surface area contributed by atoms with E-state index >= 15 is 0 Å². The van der Waals surface area contributed by atoms with Crippen LogP contribution < -0.4 is 10.3 Å². The Balaban J connectivity index is 1.59. The Labute approximate surface area is 151 Å². The second-order valence-electron chi connectivity index (χ2n) is 7.85. The van der Waals surface area contributed by atoms with Crippen molar-refractivity contribution in [1.29, 1.82) is 0 Å². The van der Waals surface area contributed by atoms with Gasteiger partial charge in [-0.3, -0.25) is 9.59 Å². The number of aryl methyl sites for hydroxylation is 1. The number of likely N-dealkylation sites (tertiary alicyclic amines) is 1. The first kappa shape index (κ1) is 17.5. The Hall–Kier alpha value is -1.30. The standard InChI is InChI=1S/C18H25BrN2O3/c1-18(2)9-17(23)21(11-18)12-4-6-13(7-5-12)24-15-8-16(22)20(3)10-14(15)19/h8,10,12-13H,4-7,9,11H2,1-3H3. The highest BCUT2D eigenvalue weighted by Gasteiger charge is 2.40. The summed E-state index contributed by atoms with van der Waals surface area (Å²) in [5, 5.41) is 0. The van der Waals surface area contributed by atoms with E-state index < -0.39 is 0 Å². The van der Waals surface area contributed by atoms with Crippen molar-refractivity contribution in [1.82, 2.24) is 9.47 Å². The smallest absolute Gasteiger partial charge is 0.254 e. The number of halogens is 1. The Morgan fingerprint density at radius 3 is 2.46 bits per heavy atom. The largest absolute Gasteiger partial charge is 0.489 e. The molecule has 6 heteroatoms. The van der Waals surface area contributed by atoms with Crippen molar-refractivity contribution in [3.63, 3.8) is 0 Å². The maximum atomic E-state index is 12.2. The molecule has 0 spiro atoms. The molecule has 0 atom stereocenters. The minimum atomic E-state index is -0.0771. The van der Waals surface area contributed by atoms with Gasteiger partial charge in [0.25, 0.3) is 5.56 Å². The van der Waals surface area contributed by atoms with Crippen LogP contribution in [0.15, 0.2) is 21.5 Å². The van der Waals surface area contributed by atoms with Gasteiger partial charge in [-0.2, -0.15) is 0 Å². The van der Waals surface area contributed by atoms with Crippen LogP contribution in [0.4, 0.5) is 0 Å². The van der Waals surface area contributed by atoms with Gasteiger partial charge in [0.1, 0.15) is 5.75 Å². The summed E-state index contributed by atoms with van der Waals surface area (Å²) in [7, 11) is 1.72. The van der Waals surface area contributed by atoms with Gasteiger partial charge in [-0.05, 0) is 47.0 Å². The van der Waals surface area contributed by atoms with E-state index in [4.69, 9.17) is 4.74 Å². The Bertz CT molecular complexity index is 690. The van der Waals surface area contributed by atoms with Gasteiger partial charge in [-0.25, -0.2) is 0 Å². The molecule has 132 valence electrons. The number of pyridine rings is 1. The first-order chi connectivity index (χ1) is 11.2. The lowest BCUT2D eigenvalue weighted by Gasteiger charge is -2.35. The number of nitrogens with zero attached hydrogens (tertiary/aromatic N) is 2. The van der Waals surface area contributed by atoms with E-state index in [1.807, 2.05) is 0 Å². The molecule has 1 saturated heterocycles. The minimum absolute atomic E-state index is 0.0771. The third-order valence-electron chi connectivity index (χ3n) is 5.07. The maximum Gasteiger partial charge on any atom is 0.254 e. The average molecular weight is 397 g/mol. The summed E-state index contributed by atoms with van der Waals surface area (Å²) in [6, 6.07) is 1.87. The summed E-state index contributed by atoms with van der Waals surface area (Å²) in [6.45, 7) is 5.18. The van der Waals surface area contributed by atoms with Crippen molar-refractivity contribution in [2.45, 2.75) is 58.1 Å². The predicted octanol–water partition coefficient (Wildman–Crippen LogP) is 3.10. The van der Waals surface area contributed by atoms with Crippen molar-refractivity contribution >= 4 is 21.8 Å². The second kappa shape index (κ2) is 6.54. The third kappa shape index (κ3) is 3.68. The number of amides is 1. The number of carbonyl (C=O) groups is 1. The molecule has 24 heavy (non-hydrogen) atoms. The summed E-state index contributed by atoms with van der Waals surface area (Å²) < 4.78 is 8.35. The number of rotatable bonds is 3. The summed E-state index contributed by atoms with van der Waals surface area (Å²) in [5.41, 5.74) is 0.0196. The van der Waals surface area contributed by atoms with Gasteiger partial charge in [-0.15, -0.1) is 0 Å². The molecule has 0 radical (unpaired) electrons. The van der Waals surface area contributed by atoms with E-state index in [1.165, 1.54) is 10.6 Å². The maximum absolute atomic E-state index is 12.2. The molecule has 0 bridgehead atoms. The molecular weight excluding hydrogens is 372 g/mol. The third-order valence-corrected chi connectivity index (χ3v) is 5.67. The number of ether oxygens (including phenoxy) is 1. The van der Waals surface area contributed by atoms with Gasteiger partial charge in [0.2, 0.25) is 5.91 Å². The van der Waals surface area contributed by atoms with E-state index in [2.05, 4.69) is 34.7 Å². The van der Waals surface area contributed by atoms with Crippen molar-refractivity contribution in [2.75, 3.05) is 6.54 Å². The predicted molar refractivity (Wildman–Crippen MR) is 96.2 cm³/mol. The van der Waals surface area contributed by atoms with Crippen LogP contribution in [-0.2, 0) is 11.8 Å². The van der Waals surface area contributed by atoms with Crippen LogP contribution >= 0.6 is 15.9 Å². The van der Waals surface area contributed by atoms with Gasteiger partial charge >= 0.3 is 0 Å². The topological polar surface area (TPSA) is 51.5 Å². The second-order valence-corrected chi connectivity index (χ2v) is 8.70. The number of carbonyl (C=O) groups excluding carboxylic acids is 1. The fourth-order valence-electron chi connectivity index (χ4n) is 3.77. The molecule has 0 N–H and O–H groups in total. The molecule has 0 aromatic carbocycles. The molecule has 1 aliphatic carbocycles. The molecular formula is C18H25BrN2O3. The minimum Gasteiger partial charge on any atom is -0.489 e. The lowest BCUT2D eigenvalue weighted by atomic mass is 9.91. The zero-order valence-corrected chi connectivity index (χ0v) is 16.1. The van der Waals surface area contributed by atoms with Gasteiger partial charge in [0.15, 0.2) is 0 Å². The molecule has 1 aromatic heterocycles. The quantitative estimate of drug-likeness (QED) is 0.788. The van der Waals surface area contributed by atoms with E-state index in [1.54, 1.807) is 13.2 Å². The molecule has 1 amide bonds. The van der Waals surface area contributed by atoms with E-state index in [-0.39, 0.29) is 17.1 Å². The van der Waals surface area contributed by atoms with Crippen LogP contribution in [-0.4, -0.2) is 34.1 Å². The number of hydrogen-bond acceptors (Lipinski definition) is 3. The number of aromatic nitrogens is 1. The van der Waals surface area contributed by atoms with Gasteiger partial charge in [-0.1, -0.05) is 13.8 Å². The molecule has 1 aliphatic heterocycles. The van der Waals surface area contributed by atoms with Crippen molar-refractivity contribution in [2.24, 2.45) is 12.5 Å². The zero-order valence-electron chi connectivity index (χ0n) is 14.5. The van der Waals surface area contributed by atoms with Gasteiger partial charge in [0, 0.05) is 38.3 Å². The summed E-state index contributed by atoms with van der Waals surface area (Å²) in [4.78, 5) is 26.1. The molecule has 1 saturated carbocycles. The van der Waals surface area contributed by atoms with Crippen LogP contribution in [0.2, 0.25) is 0 Å². The highest BCUT2D eigenvalue weighted by molar-refractivity contribution is 9.10. The average Bonchev–Trinajstić information content (AvgIpc) is 2.78. The Morgan fingerprint density at radius 2 is 1.88 bits per heavy atom. The fraction of sp³-hybridized carbons (Fsp3) is 0.667. The zero-order chi connectivity index (χ0) is 17.5. The van der Waals surface area contributed by atoms with Crippen molar-refractivity contribution in [3.8, 4) is 5.75 Å². The Kier molecular flexibility index (Phi) is 4.78. The molecule has 0 unspecified atom stereocenters. The van der Waals surface area contributed by atoms with Crippen LogP contribution in [0.25, 0.3) is 0 Å². The lowest BCUT2D eigenvalue weighted by Crippen LogP contribution is -2.41. The summed E-state index contributed by atoms with van der Waals surface area (Å²) >= 11 is 3.46. The summed E-state index contributed by atoms with van der Waals surface area (Å²) in [6.07, 6.45) is 6.25. The SMILES string of the molecule is Cn1cc(Br)c(OC2CCC(N3CC(C)(C)CC3=O)CC2)cc1=O. The van der Waals surface area contributed by atoms with Gasteiger partial charge < -0.3 is 14.2 Å². The first-order valence-corrected chi connectivity index (χ1v) is 9.37. The van der Waals surface area contributed by atoms with Crippen molar-refractivity contribution < 1.29 is 9.53 Å². The van der Waals surface area contributed by atoms with Gasteiger partial charge in [0.05, 0.1) is 10.6 Å². The highest BCUT2D eigenvalue weighted by Crippen LogP contribution is 2.36. The van der Waals surface area contributed by atoms with Crippen LogP contribution in [0.5, 0.6) is 5.75 Å². The van der Waals surface area contributed by atoms with Crippen molar-refractivity contribution in [3.05, 3.63) is 27.1 Å². The lowest BCUT2D eigenvalue weighted by molar-refractivity contribution is -0.130. The molecule has 2 fully saturated rings.